The van der Waals surface area contributed by atoms with Crippen molar-refractivity contribution in [1.82, 2.24) is 10.2 Å². The number of alkyl halides is 3. The van der Waals surface area contributed by atoms with Gasteiger partial charge < -0.3 is 19.7 Å². The molecule has 112 valence electrons. The molecule has 6 nitrogen and oxygen atoms in total. The summed E-state index contributed by atoms with van der Waals surface area (Å²) in [5.74, 6) is -2.19. The Kier molecular flexibility index (Phi) is 4.31. The van der Waals surface area contributed by atoms with Gasteiger partial charge in [0.05, 0.1) is 19.1 Å². The molecule has 0 saturated heterocycles. The Morgan fingerprint density at radius 3 is 2.45 bits per heavy atom. The summed E-state index contributed by atoms with van der Waals surface area (Å²) in [4.78, 5) is 23.3. The van der Waals surface area contributed by atoms with Gasteiger partial charge in [0, 0.05) is 12.6 Å². The topological polar surface area (TPSA) is 82.8 Å². The Hall–Kier alpha value is -2.19. The van der Waals surface area contributed by atoms with Crippen molar-refractivity contribution >= 4 is 12.0 Å². The van der Waals surface area contributed by atoms with E-state index in [0.717, 1.165) is 4.90 Å². The average Bonchev–Trinajstić information content (AvgIpc) is 2.79. The molecule has 1 heterocycles. The maximum atomic E-state index is 12.7. The molecule has 20 heavy (non-hydrogen) atoms. The van der Waals surface area contributed by atoms with Crippen LogP contribution in [0.15, 0.2) is 23.0 Å². The van der Waals surface area contributed by atoms with Crippen LogP contribution in [0.5, 0.6) is 0 Å². The maximum absolute atomic E-state index is 12.7. The van der Waals surface area contributed by atoms with Gasteiger partial charge in [0.2, 0.25) is 5.54 Å². The molecule has 2 N–H and O–H groups in total. The minimum absolute atomic E-state index is 0.0180. The van der Waals surface area contributed by atoms with E-state index in [4.69, 9.17) is 9.52 Å². The minimum Gasteiger partial charge on any atom is -0.479 e. The van der Waals surface area contributed by atoms with Gasteiger partial charge in [0.1, 0.15) is 0 Å². The van der Waals surface area contributed by atoms with Gasteiger partial charge in [-0.15, -0.1) is 0 Å². The third-order valence-electron chi connectivity index (χ3n) is 2.70. The van der Waals surface area contributed by atoms with E-state index in [2.05, 4.69) is 0 Å². The second-order valence-corrected chi connectivity index (χ2v) is 4.35. The van der Waals surface area contributed by atoms with Crippen molar-refractivity contribution in [3.63, 3.8) is 0 Å². The fraction of sp³-hybridized carbons (Fsp3) is 0.455. The highest BCUT2D eigenvalue weighted by atomic mass is 19.4. The lowest BCUT2D eigenvalue weighted by atomic mass is 10.0. The van der Waals surface area contributed by atoms with E-state index >= 15 is 0 Å². The van der Waals surface area contributed by atoms with Gasteiger partial charge >= 0.3 is 18.2 Å². The molecule has 9 heteroatoms. The molecule has 0 bridgehead atoms. The molecule has 1 rings (SSSR count). The standard InChI is InChI=1S/C11H13F3N2O4/c1-10(8(17)18,11(12,13)14)15-9(19)16(2)5-7-3-4-20-6-7/h3-4,6H,5H2,1-2H3,(H,15,19)(H,17,18). The molecule has 0 aliphatic rings. The van der Waals surface area contributed by atoms with Gasteiger partial charge in [-0.25, -0.2) is 9.59 Å². The van der Waals surface area contributed by atoms with E-state index in [9.17, 15) is 22.8 Å². The number of carboxylic acids is 1. The molecule has 1 aromatic rings. The number of rotatable bonds is 4. The second-order valence-electron chi connectivity index (χ2n) is 4.35. The zero-order valence-electron chi connectivity index (χ0n) is 10.7. The number of nitrogens with one attached hydrogen (secondary N) is 1. The van der Waals surface area contributed by atoms with Crippen LogP contribution >= 0.6 is 0 Å². The van der Waals surface area contributed by atoms with Crippen molar-refractivity contribution in [1.29, 1.82) is 0 Å². The number of amides is 2. The summed E-state index contributed by atoms with van der Waals surface area (Å²) in [5.41, 5.74) is -2.79. The largest absolute Gasteiger partial charge is 0.479 e. The Labute approximate surface area is 112 Å². The number of carbonyl (C=O) groups excluding carboxylic acids is 1. The molecule has 0 saturated carbocycles. The maximum Gasteiger partial charge on any atom is 0.422 e. The van der Waals surface area contributed by atoms with Crippen LogP contribution in [0.4, 0.5) is 18.0 Å². The molecule has 0 fully saturated rings. The van der Waals surface area contributed by atoms with Gasteiger partial charge in [-0.1, -0.05) is 0 Å². The first-order chi connectivity index (χ1) is 9.08. The Morgan fingerprint density at radius 2 is 2.05 bits per heavy atom. The lowest BCUT2D eigenvalue weighted by Gasteiger charge is -2.30. The number of aliphatic carboxylic acids is 1. The number of furan rings is 1. The molecule has 1 unspecified atom stereocenters. The summed E-state index contributed by atoms with van der Waals surface area (Å²) in [6.45, 7) is 0.370. The molecule has 1 atom stereocenters. The number of carbonyl (C=O) groups is 2. The monoisotopic (exact) mass is 294 g/mol. The van der Waals surface area contributed by atoms with Gasteiger partial charge in [0.15, 0.2) is 0 Å². The van der Waals surface area contributed by atoms with Crippen LogP contribution in [0.1, 0.15) is 12.5 Å². The third-order valence-corrected chi connectivity index (χ3v) is 2.70. The van der Waals surface area contributed by atoms with E-state index in [-0.39, 0.29) is 6.54 Å². The highest BCUT2D eigenvalue weighted by Crippen LogP contribution is 2.30. The van der Waals surface area contributed by atoms with Crippen LogP contribution in [-0.2, 0) is 11.3 Å². The normalized spacial score (nSPS) is 14.4. The van der Waals surface area contributed by atoms with Crippen LogP contribution in [0.3, 0.4) is 0 Å². The first kappa shape index (κ1) is 15.9. The van der Waals surface area contributed by atoms with Crippen LogP contribution in [0.25, 0.3) is 0 Å². The predicted molar refractivity (Wildman–Crippen MR) is 60.8 cm³/mol. The van der Waals surface area contributed by atoms with E-state index in [1.807, 2.05) is 0 Å². The highest BCUT2D eigenvalue weighted by Gasteiger charge is 2.58. The fourth-order valence-electron chi connectivity index (χ4n) is 1.28. The third kappa shape index (κ3) is 3.22. The summed E-state index contributed by atoms with van der Waals surface area (Å²) in [6, 6.07) is 0.373. The molecule has 0 aliphatic carbocycles. The van der Waals surface area contributed by atoms with E-state index in [0.29, 0.717) is 12.5 Å². The SMILES string of the molecule is CN(Cc1ccoc1)C(=O)NC(C)(C(=O)O)C(F)(F)F. The second kappa shape index (κ2) is 5.43. The zero-order valence-corrected chi connectivity index (χ0v) is 10.7. The first-order valence-electron chi connectivity index (χ1n) is 5.42. The van der Waals surface area contributed by atoms with Gasteiger partial charge in [-0.05, 0) is 13.0 Å². The van der Waals surface area contributed by atoms with Crippen molar-refractivity contribution in [3.05, 3.63) is 24.2 Å². The van der Waals surface area contributed by atoms with Gasteiger partial charge in [-0.2, -0.15) is 13.2 Å². The first-order valence-corrected chi connectivity index (χ1v) is 5.42. The number of hydrogen-bond donors (Lipinski definition) is 2. The lowest BCUT2D eigenvalue weighted by molar-refractivity contribution is -0.203. The Balaban J connectivity index is 2.79. The molecule has 0 spiro atoms. The molecule has 2 amide bonds. The van der Waals surface area contributed by atoms with E-state index in [1.54, 1.807) is 0 Å². The molecule has 0 aromatic carbocycles. The zero-order chi connectivity index (χ0) is 15.6. The van der Waals surface area contributed by atoms with E-state index in [1.165, 1.54) is 31.0 Å². The summed E-state index contributed by atoms with van der Waals surface area (Å²) in [5, 5.41) is 10.2. The van der Waals surface area contributed by atoms with Crippen LogP contribution in [0, 0.1) is 0 Å². The quantitative estimate of drug-likeness (QED) is 0.887. The number of urea groups is 1. The molecular formula is C11H13F3N2O4. The van der Waals surface area contributed by atoms with Crippen molar-refractivity contribution in [3.8, 4) is 0 Å². The average molecular weight is 294 g/mol. The van der Waals surface area contributed by atoms with Crippen LogP contribution in [0.2, 0.25) is 0 Å². The predicted octanol–water partition coefficient (Wildman–Crippen LogP) is 1.83. The smallest absolute Gasteiger partial charge is 0.422 e. The summed E-state index contributed by atoms with van der Waals surface area (Å²) in [7, 11) is 1.24. The number of nitrogens with zero attached hydrogens (tertiary/aromatic N) is 1. The number of halogens is 3. The number of hydrogen-bond acceptors (Lipinski definition) is 3. The number of carboxylic acid groups (broad SMARTS) is 1. The highest BCUT2D eigenvalue weighted by molar-refractivity contribution is 5.86. The van der Waals surface area contributed by atoms with Crippen molar-refractivity contribution in [2.24, 2.45) is 0 Å². The minimum atomic E-state index is -5.12. The summed E-state index contributed by atoms with van der Waals surface area (Å²) < 4.78 is 42.9. The molecule has 0 aliphatic heterocycles. The fourth-order valence-corrected chi connectivity index (χ4v) is 1.28. The lowest BCUT2D eigenvalue weighted by Crippen LogP contribution is -2.63. The molecular weight excluding hydrogens is 281 g/mol. The molecule has 0 radical (unpaired) electrons. The van der Waals surface area contributed by atoms with Crippen molar-refractivity contribution in [2.75, 3.05) is 7.05 Å². The van der Waals surface area contributed by atoms with Gasteiger partial charge in [0.25, 0.3) is 0 Å². The Morgan fingerprint density at radius 1 is 1.45 bits per heavy atom. The van der Waals surface area contributed by atoms with E-state index < -0.39 is 23.7 Å². The van der Waals surface area contributed by atoms with Gasteiger partial charge in [-0.3, -0.25) is 0 Å². The summed E-state index contributed by atoms with van der Waals surface area (Å²) in [6.07, 6.45) is -2.45. The van der Waals surface area contributed by atoms with Crippen molar-refractivity contribution in [2.45, 2.75) is 25.2 Å². The Bertz CT molecular complexity index is 486. The summed E-state index contributed by atoms with van der Waals surface area (Å²) >= 11 is 0. The van der Waals surface area contributed by atoms with Crippen LogP contribution < -0.4 is 5.32 Å². The van der Waals surface area contributed by atoms with Crippen molar-refractivity contribution < 1.29 is 32.3 Å². The molecule has 1 aromatic heterocycles. The van der Waals surface area contributed by atoms with Crippen LogP contribution in [-0.4, -0.2) is 40.8 Å².